The van der Waals surface area contributed by atoms with Crippen LogP contribution in [0.1, 0.15) is 17.5 Å². The minimum absolute atomic E-state index is 0.165. The first-order valence-corrected chi connectivity index (χ1v) is 12.4. The number of imide groups is 1. The maximum Gasteiger partial charge on any atom is 0.254 e. The van der Waals surface area contributed by atoms with Crippen LogP contribution >= 0.6 is 31.9 Å². The second-order valence-electron chi connectivity index (χ2n) is 8.97. The zero-order valence-electron chi connectivity index (χ0n) is 17.0. The van der Waals surface area contributed by atoms with Crippen LogP contribution in [-0.2, 0) is 16.2 Å². The first-order chi connectivity index (χ1) is 15.5. The summed E-state index contributed by atoms with van der Waals surface area (Å²) < 4.78 is 7.68. The Morgan fingerprint density at radius 2 is 1.66 bits per heavy atom. The second-order valence-corrected chi connectivity index (χ2v) is 10.7. The van der Waals surface area contributed by atoms with Crippen molar-refractivity contribution in [1.29, 1.82) is 0 Å². The number of carbonyl (C=O) groups excluding carboxylic acids is 2. The van der Waals surface area contributed by atoms with Gasteiger partial charge in [0.1, 0.15) is 12.4 Å². The normalized spacial score (nSPS) is 31.9. The number of rotatable bonds is 5. The van der Waals surface area contributed by atoms with Gasteiger partial charge >= 0.3 is 0 Å². The predicted octanol–water partition coefficient (Wildman–Crippen LogP) is 5.18. The van der Waals surface area contributed by atoms with Gasteiger partial charge in [0, 0.05) is 10.0 Å². The Balaban J connectivity index is 1.27. The van der Waals surface area contributed by atoms with Crippen LogP contribution in [0.2, 0.25) is 0 Å². The monoisotopic (exact) mass is 554 g/mol. The summed E-state index contributed by atoms with van der Waals surface area (Å²) in [4.78, 5) is 26.3. The van der Waals surface area contributed by atoms with Gasteiger partial charge in [-0.05, 0) is 63.7 Å². The van der Waals surface area contributed by atoms with Crippen molar-refractivity contribution < 1.29 is 14.3 Å². The van der Waals surface area contributed by atoms with Crippen molar-refractivity contribution in [3.8, 4) is 5.75 Å². The summed E-state index contributed by atoms with van der Waals surface area (Å²) in [6, 6.07) is 13.7. The number of carbonyl (C=O) groups is 2. The number of hydrazone groups is 1. The molecule has 2 aromatic rings. The fourth-order valence-corrected chi connectivity index (χ4v) is 7.11. The Bertz CT molecular complexity index is 1140. The first kappa shape index (κ1) is 20.4. The molecule has 3 fully saturated rings. The molecule has 5 nitrogen and oxygen atoms in total. The van der Waals surface area contributed by atoms with Gasteiger partial charge in [0.05, 0.1) is 22.5 Å². The van der Waals surface area contributed by atoms with Gasteiger partial charge in [-0.25, -0.2) is 0 Å². The molecule has 32 heavy (non-hydrogen) atoms. The Morgan fingerprint density at radius 1 is 1.00 bits per heavy atom. The number of amides is 2. The molecule has 0 aromatic heterocycles. The number of halogens is 2. The van der Waals surface area contributed by atoms with Crippen LogP contribution in [-0.4, -0.2) is 23.0 Å². The molecule has 1 heterocycles. The lowest BCUT2D eigenvalue weighted by molar-refractivity contribution is -0.140. The molecule has 2 saturated carbocycles. The predicted molar refractivity (Wildman–Crippen MR) is 127 cm³/mol. The first-order valence-electron chi connectivity index (χ1n) is 10.8. The van der Waals surface area contributed by atoms with E-state index in [1.165, 1.54) is 0 Å². The summed E-state index contributed by atoms with van der Waals surface area (Å²) in [6.07, 6.45) is 7.03. The van der Waals surface area contributed by atoms with Gasteiger partial charge in [-0.3, -0.25) is 9.59 Å². The van der Waals surface area contributed by atoms with E-state index < -0.39 is 0 Å². The third-order valence-electron chi connectivity index (χ3n) is 7.21. The summed E-state index contributed by atoms with van der Waals surface area (Å²) in [5.41, 5.74) is 1.72. The van der Waals surface area contributed by atoms with Crippen molar-refractivity contribution in [3.63, 3.8) is 0 Å². The molecule has 5 aliphatic rings. The van der Waals surface area contributed by atoms with Gasteiger partial charge < -0.3 is 4.74 Å². The number of benzene rings is 2. The Hall–Kier alpha value is -2.25. The molecule has 0 unspecified atom stereocenters. The van der Waals surface area contributed by atoms with E-state index >= 15 is 0 Å². The van der Waals surface area contributed by atoms with Crippen LogP contribution < -0.4 is 4.74 Å². The molecule has 0 N–H and O–H groups in total. The van der Waals surface area contributed by atoms with E-state index in [-0.39, 0.29) is 35.5 Å². The molecule has 1 aliphatic heterocycles. The third kappa shape index (κ3) is 3.20. The highest BCUT2D eigenvalue weighted by molar-refractivity contribution is 9.11. The SMILES string of the molecule is O=C1[C@@H]2[C@H]3C=C[C@@H]([C@@H]4C[C@H]34)[C@H]2C(=O)N1N=Cc1cc(Br)cc(Br)c1OCc1ccccc1. The van der Waals surface area contributed by atoms with Gasteiger partial charge in [-0.2, -0.15) is 10.1 Å². The molecule has 0 radical (unpaired) electrons. The molecule has 4 aliphatic carbocycles. The van der Waals surface area contributed by atoms with Crippen molar-refractivity contribution in [2.75, 3.05) is 0 Å². The standard InChI is InChI=1S/C25H20Br2N2O3/c26-15-8-14(23(20(27)9-15)32-12-13-4-2-1-3-5-13)11-28-29-24(30)21-16-6-7-17(19-10-18(16)19)22(21)25(29)31/h1-9,11,16-19,21-22H,10,12H2/t16-,17-,18-,19+,21+,22+/m0/s1. The average molecular weight is 556 g/mol. The lowest BCUT2D eigenvalue weighted by atomic mass is 9.63. The largest absolute Gasteiger partial charge is 0.487 e. The molecule has 6 atom stereocenters. The fraction of sp³-hybridized carbons (Fsp3) is 0.320. The Kier molecular flexibility index (Phi) is 4.88. The van der Waals surface area contributed by atoms with Crippen molar-refractivity contribution >= 4 is 49.9 Å². The maximum atomic E-state index is 13.2. The Labute approximate surface area is 202 Å². The Morgan fingerprint density at radius 3 is 2.31 bits per heavy atom. The third-order valence-corrected chi connectivity index (χ3v) is 8.26. The molecular weight excluding hydrogens is 536 g/mol. The van der Waals surface area contributed by atoms with Crippen LogP contribution in [0.25, 0.3) is 0 Å². The highest BCUT2D eigenvalue weighted by Crippen LogP contribution is 2.65. The average Bonchev–Trinajstić information content (AvgIpc) is 3.57. The smallest absolute Gasteiger partial charge is 0.254 e. The van der Waals surface area contributed by atoms with Gasteiger partial charge in [0.15, 0.2) is 0 Å². The fourth-order valence-electron chi connectivity index (χ4n) is 5.73. The molecule has 7 heteroatoms. The number of allylic oxidation sites excluding steroid dienone is 2. The molecule has 162 valence electrons. The van der Waals surface area contributed by atoms with E-state index in [9.17, 15) is 9.59 Å². The summed E-state index contributed by atoms with van der Waals surface area (Å²) in [5, 5.41) is 5.47. The summed E-state index contributed by atoms with van der Waals surface area (Å²) in [6.45, 7) is 0.394. The second kappa shape index (κ2) is 7.66. The van der Waals surface area contributed by atoms with Crippen LogP contribution in [0.5, 0.6) is 5.75 Å². The maximum absolute atomic E-state index is 13.2. The zero-order chi connectivity index (χ0) is 22.0. The van der Waals surface area contributed by atoms with E-state index in [4.69, 9.17) is 4.74 Å². The number of hydrogen-bond acceptors (Lipinski definition) is 4. The molecule has 2 amide bonds. The van der Waals surface area contributed by atoms with E-state index in [1.54, 1.807) is 6.21 Å². The zero-order valence-corrected chi connectivity index (χ0v) is 20.2. The number of hydrogen-bond donors (Lipinski definition) is 0. The van der Waals surface area contributed by atoms with Gasteiger partial charge in [0.25, 0.3) is 11.8 Å². The summed E-state index contributed by atoms with van der Waals surface area (Å²) >= 11 is 7.06. The van der Waals surface area contributed by atoms with Crippen molar-refractivity contribution in [1.82, 2.24) is 5.01 Å². The minimum Gasteiger partial charge on any atom is -0.487 e. The van der Waals surface area contributed by atoms with Crippen molar-refractivity contribution in [2.24, 2.45) is 40.6 Å². The highest BCUT2D eigenvalue weighted by Gasteiger charge is 2.67. The number of nitrogens with zero attached hydrogens (tertiary/aromatic N) is 2. The van der Waals surface area contributed by atoms with E-state index in [0.29, 0.717) is 29.8 Å². The van der Waals surface area contributed by atoms with Crippen LogP contribution in [0, 0.1) is 35.5 Å². The lowest BCUT2D eigenvalue weighted by Crippen LogP contribution is -2.40. The summed E-state index contributed by atoms with van der Waals surface area (Å²) in [7, 11) is 0. The highest BCUT2D eigenvalue weighted by atomic mass is 79.9. The van der Waals surface area contributed by atoms with Gasteiger partial charge in [0.2, 0.25) is 0 Å². The van der Waals surface area contributed by atoms with Crippen LogP contribution in [0.15, 0.2) is 68.7 Å². The number of ether oxygens (including phenoxy) is 1. The van der Waals surface area contributed by atoms with Gasteiger partial charge in [-0.1, -0.05) is 58.4 Å². The van der Waals surface area contributed by atoms with Crippen LogP contribution in [0.3, 0.4) is 0 Å². The molecule has 2 aromatic carbocycles. The van der Waals surface area contributed by atoms with E-state index in [1.807, 2.05) is 42.5 Å². The van der Waals surface area contributed by atoms with Crippen LogP contribution in [0.4, 0.5) is 0 Å². The molecule has 7 rings (SSSR count). The van der Waals surface area contributed by atoms with E-state index in [2.05, 4.69) is 49.1 Å². The quantitative estimate of drug-likeness (QED) is 0.290. The topological polar surface area (TPSA) is 59.0 Å². The molecule has 2 bridgehead atoms. The molecule has 0 spiro atoms. The molecular formula is C25H20Br2N2O3. The minimum atomic E-state index is -0.249. The van der Waals surface area contributed by atoms with E-state index in [0.717, 1.165) is 25.9 Å². The lowest BCUT2D eigenvalue weighted by Gasteiger charge is -2.37. The van der Waals surface area contributed by atoms with Crippen molar-refractivity contribution in [2.45, 2.75) is 13.0 Å². The molecule has 1 saturated heterocycles. The summed E-state index contributed by atoms with van der Waals surface area (Å²) in [5.74, 6) is 1.32. The van der Waals surface area contributed by atoms with Crippen molar-refractivity contribution in [3.05, 3.63) is 74.7 Å². The van der Waals surface area contributed by atoms with Gasteiger partial charge in [-0.15, -0.1) is 0 Å².